The van der Waals surface area contributed by atoms with Crippen molar-refractivity contribution >= 4 is 27.9 Å². The molecule has 140 valence electrons. The van der Waals surface area contributed by atoms with Crippen molar-refractivity contribution in [3.8, 4) is 5.75 Å². The quantitative estimate of drug-likeness (QED) is 0.347. The second kappa shape index (κ2) is 7.29. The molecule has 0 atom stereocenters. The molecule has 1 heterocycles. The lowest BCUT2D eigenvalue weighted by atomic mass is 10.1. The molecule has 2 aromatic carbocycles. The van der Waals surface area contributed by atoms with Crippen molar-refractivity contribution in [1.29, 1.82) is 0 Å². The normalized spacial score (nSPS) is 13.6. The first kappa shape index (κ1) is 18.7. The Morgan fingerprint density at radius 1 is 0.963 bits per heavy atom. The fraction of sp³-hybridized carbons (Fsp3) is 0.167. The molecule has 1 aliphatic rings. The third kappa shape index (κ3) is 3.88. The minimum atomic E-state index is -4.53. The number of carbonyl (C=O) groups is 3. The molecule has 27 heavy (non-hydrogen) atoms. The van der Waals surface area contributed by atoms with E-state index in [1.807, 2.05) is 0 Å². The molecular weight excluding hydrogens is 374 g/mol. The fourth-order valence-electron chi connectivity index (χ4n) is 2.74. The number of carbonyl (C=O) groups excluding carboxylic acids is 3. The van der Waals surface area contributed by atoms with Crippen LogP contribution in [0.25, 0.3) is 0 Å². The molecule has 0 aliphatic carbocycles. The predicted molar refractivity (Wildman–Crippen MR) is 92.9 cm³/mol. The van der Waals surface area contributed by atoms with Gasteiger partial charge in [-0.3, -0.25) is 23.8 Å². The van der Waals surface area contributed by atoms with Crippen molar-refractivity contribution in [2.45, 2.75) is 17.7 Å². The van der Waals surface area contributed by atoms with Gasteiger partial charge in [-0.1, -0.05) is 24.3 Å². The van der Waals surface area contributed by atoms with Gasteiger partial charge in [0.1, 0.15) is 4.90 Å². The van der Waals surface area contributed by atoms with Crippen LogP contribution < -0.4 is 4.74 Å². The molecule has 0 radical (unpaired) electrons. The van der Waals surface area contributed by atoms with Gasteiger partial charge in [-0.2, -0.15) is 8.42 Å². The average Bonchev–Trinajstić information content (AvgIpc) is 2.86. The van der Waals surface area contributed by atoms with E-state index in [1.54, 1.807) is 24.3 Å². The highest BCUT2D eigenvalue weighted by molar-refractivity contribution is 7.86. The summed E-state index contributed by atoms with van der Waals surface area (Å²) in [4.78, 5) is 37.0. The third-order valence-electron chi connectivity index (χ3n) is 3.99. The number of fused-ring (bicyclic) bond motifs is 1. The maximum absolute atomic E-state index is 12.2. The molecule has 0 aromatic heterocycles. The SMILES string of the molecule is O=C(CCCN1C(=O)c2ccccc2C1=O)Oc1ccccc1S(=O)(=O)O. The highest BCUT2D eigenvalue weighted by atomic mass is 32.2. The molecule has 2 aromatic rings. The number of rotatable bonds is 6. The number of para-hydroxylation sites is 1. The van der Waals surface area contributed by atoms with E-state index in [-0.39, 0.29) is 25.1 Å². The first-order valence-electron chi connectivity index (χ1n) is 8.01. The zero-order valence-corrected chi connectivity index (χ0v) is 14.8. The van der Waals surface area contributed by atoms with Crippen LogP contribution >= 0.6 is 0 Å². The van der Waals surface area contributed by atoms with Crippen molar-refractivity contribution in [1.82, 2.24) is 4.90 Å². The van der Waals surface area contributed by atoms with Crippen LogP contribution in [0.1, 0.15) is 33.6 Å². The van der Waals surface area contributed by atoms with E-state index in [0.717, 1.165) is 11.0 Å². The van der Waals surface area contributed by atoms with Crippen LogP contribution in [0.4, 0.5) is 0 Å². The molecule has 0 spiro atoms. The summed E-state index contributed by atoms with van der Waals surface area (Å²) in [7, 11) is -4.53. The van der Waals surface area contributed by atoms with Crippen LogP contribution in [0.2, 0.25) is 0 Å². The molecule has 8 nitrogen and oxygen atoms in total. The predicted octanol–water partition coefficient (Wildman–Crippen LogP) is 1.92. The first-order chi connectivity index (χ1) is 12.8. The van der Waals surface area contributed by atoms with Crippen molar-refractivity contribution in [2.24, 2.45) is 0 Å². The van der Waals surface area contributed by atoms with Crippen molar-refractivity contribution in [3.05, 3.63) is 59.7 Å². The van der Waals surface area contributed by atoms with Gasteiger partial charge in [-0.05, 0) is 30.7 Å². The van der Waals surface area contributed by atoms with Crippen LogP contribution in [0.3, 0.4) is 0 Å². The summed E-state index contributed by atoms with van der Waals surface area (Å²) in [6.07, 6.45) is 0.00552. The molecule has 9 heteroatoms. The summed E-state index contributed by atoms with van der Waals surface area (Å²) >= 11 is 0. The lowest BCUT2D eigenvalue weighted by Crippen LogP contribution is -2.31. The second-order valence-electron chi connectivity index (χ2n) is 5.81. The largest absolute Gasteiger partial charge is 0.425 e. The Balaban J connectivity index is 1.59. The van der Waals surface area contributed by atoms with Gasteiger partial charge >= 0.3 is 5.97 Å². The summed E-state index contributed by atoms with van der Waals surface area (Å²) in [5, 5.41) is 0. The van der Waals surface area contributed by atoms with Crippen LogP contribution in [-0.4, -0.2) is 42.2 Å². The van der Waals surface area contributed by atoms with E-state index in [2.05, 4.69) is 0 Å². The van der Waals surface area contributed by atoms with E-state index >= 15 is 0 Å². The molecule has 0 bridgehead atoms. The van der Waals surface area contributed by atoms with Crippen LogP contribution in [0, 0.1) is 0 Å². The van der Waals surface area contributed by atoms with Crippen molar-refractivity contribution < 1.29 is 32.1 Å². The molecular formula is C18H15NO7S. The van der Waals surface area contributed by atoms with E-state index in [9.17, 15) is 22.8 Å². The third-order valence-corrected chi connectivity index (χ3v) is 4.88. The lowest BCUT2D eigenvalue weighted by Gasteiger charge is -2.13. The Morgan fingerprint density at radius 2 is 1.52 bits per heavy atom. The Bertz CT molecular complexity index is 995. The molecule has 0 unspecified atom stereocenters. The summed E-state index contributed by atoms with van der Waals surface area (Å²) < 4.78 is 36.7. The lowest BCUT2D eigenvalue weighted by molar-refractivity contribution is -0.134. The summed E-state index contributed by atoms with van der Waals surface area (Å²) in [5.41, 5.74) is 0.652. The highest BCUT2D eigenvalue weighted by Gasteiger charge is 2.34. The van der Waals surface area contributed by atoms with Gasteiger partial charge in [0.15, 0.2) is 5.75 Å². The minimum absolute atomic E-state index is 0.0292. The maximum Gasteiger partial charge on any atom is 0.311 e. The topological polar surface area (TPSA) is 118 Å². The number of hydrogen-bond donors (Lipinski definition) is 1. The number of imide groups is 1. The Labute approximate surface area is 155 Å². The van der Waals surface area contributed by atoms with Gasteiger partial charge in [-0.25, -0.2) is 0 Å². The molecule has 3 rings (SSSR count). The second-order valence-corrected chi connectivity index (χ2v) is 7.20. The average molecular weight is 389 g/mol. The first-order valence-corrected chi connectivity index (χ1v) is 9.45. The van der Waals surface area contributed by atoms with E-state index in [1.165, 1.54) is 18.2 Å². The van der Waals surface area contributed by atoms with E-state index < -0.39 is 32.8 Å². The Hall–Kier alpha value is -3.04. The highest BCUT2D eigenvalue weighted by Crippen LogP contribution is 2.24. The Kier molecular flexibility index (Phi) is 5.06. The fourth-order valence-corrected chi connectivity index (χ4v) is 3.36. The summed E-state index contributed by atoms with van der Waals surface area (Å²) in [6.45, 7) is 0.0292. The van der Waals surface area contributed by atoms with E-state index in [4.69, 9.17) is 9.29 Å². The van der Waals surface area contributed by atoms with Gasteiger partial charge in [-0.15, -0.1) is 0 Å². The van der Waals surface area contributed by atoms with Crippen molar-refractivity contribution in [3.63, 3.8) is 0 Å². The number of benzene rings is 2. The molecule has 1 N–H and O–H groups in total. The van der Waals surface area contributed by atoms with Gasteiger partial charge < -0.3 is 4.74 Å². The summed E-state index contributed by atoms with van der Waals surface area (Å²) in [5.74, 6) is -1.87. The van der Waals surface area contributed by atoms with Gasteiger partial charge in [0.25, 0.3) is 21.9 Å². The number of esters is 1. The van der Waals surface area contributed by atoms with Crippen LogP contribution in [0.5, 0.6) is 5.75 Å². The van der Waals surface area contributed by atoms with Gasteiger partial charge in [0.05, 0.1) is 11.1 Å². The Morgan fingerprint density at radius 3 is 2.11 bits per heavy atom. The monoisotopic (exact) mass is 389 g/mol. The number of amides is 2. The zero-order valence-electron chi connectivity index (χ0n) is 14.0. The molecule has 0 fully saturated rings. The maximum atomic E-state index is 12.2. The van der Waals surface area contributed by atoms with Gasteiger partial charge in [0, 0.05) is 13.0 Å². The molecule has 1 aliphatic heterocycles. The number of hydrogen-bond acceptors (Lipinski definition) is 6. The van der Waals surface area contributed by atoms with Crippen LogP contribution in [0.15, 0.2) is 53.4 Å². The molecule has 0 saturated carbocycles. The van der Waals surface area contributed by atoms with Crippen LogP contribution in [-0.2, 0) is 14.9 Å². The molecule has 0 saturated heterocycles. The number of nitrogens with zero attached hydrogens (tertiary/aromatic N) is 1. The van der Waals surface area contributed by atoms with E-state index in [0.29, 0.717) is 11.1 Å². The molecule has 2 amide bonds. The zero-order chi connectivity index (χ0) is 19.6. The number of ether oxygens (including phenoxy) is 1. The smallest absolute Gasteiger partial charge is 0.311 e. The van der Waals surface area contributed by atoms with Gasteiger partial charge in [0.2, 0.25) is 0 Å². The summed E-state index contributed by atoms with van der Waals surface area (Å²) in [6, 6.07) is 11.6. The standard InChI is InChI=1S/C18H15NO7S/c20-16(26-14-8-3-4-9-15(14)27(23,24)25)10-5-11-19-17(21)12-6-1-2-7-13(12)18(19)22/h1-4,6-9H,5,10-11H2,(H,23,24,25). The van der Waals surface area contributed by atoms with Crippen molar-refractivity contribution in [2.75, 3.05) is 6.54 Å². The minimum Gasteiger partial charge on any atom is -0.425 e.